The van der Waals surface area contributed by atoms with Gasteiger partial charge in [0.05, 0.1) is 15.9 Å². The van der Waals surface area contributed by atoms with Crippen LogP contribution in [0.3, 0.4) is 0 Å². The van der Waals surface area contributed by atoms with E-state index >= 15 is 0 Å². The van der Waals surface area contributed by atoms with Gasteiger partial charge in [0.1, 0.15) is 16.2 Å². The number of anilines is 1. The van der Waals surface area contributed by atoms with Crippen LogP contribution in [0.4, 0.5) is 5.82 Å². The van der Waals surface area contributed by atoms with E-state index in [1.165, 1.54) is 0 Å². The molecule has 0 amide bonds. The van der Waals surface area contributed by atoms with Gasteiger partial charge in [-0.3, -0.25) is 4.57 Å². The number of rotatable bonds is 3. The molecule has 2 heterocycles. The number of nitrogens with zero attached hydrogens (tertiary/aromatic N) is 3. The molecule has 0 bridgehead atoms. The van der Waals surface area contributed by atoms with E-state index in [1.54, 1.807) is 16.7 Å². The number of aromatic nitrogens is 3. The lowest BCUT2D eigenvalue weighted by Crippen LogP contribution is -2.08. The molecule has 0 aliphatic carbocycles. The maximum absolute atomic E-state index is 13.9. The molecule has 0 unspecified atom stereocenters. The normalized spacial score (nSPS) is 12.0. The summed E-state index contributed by atoms with van der Waals surface area (Å²) < 4.78 is 29.4. The largest absolute Gasteiger partial charge is 0.384 e. The molecular weight excluding hydrogens is 432 g/mol. The van der Waals surface area contributed by atoms with Gasteiger partial charge in [-0.2, -0.15) is 0 Å². The first-order valence-electron chi connectivity index (χ1n) is 10.6. The smallest absolute Gasteiger partial charge is 0.212 e. The third kappa shape index (κ3) is 3.27. The highest BCUT2D eigenvalue weighted by Gasteiger charge is 2.31. The Balaban J connectivity index is 1.91. The summed E-state index contributed by atoms with van der Waals surface area (Å²) in [7, 11) is -3.96. The van der Waals surface area contributed by atoms with Crippen LogP contribution >= 0.6 is 0 Å². The quantitative estimate of drug-likeness (QED) is 0.402. The third-order valence-corrected chi connectivity index (χ3v) is 8.07. The monoisotopic (exact) mass is 456 g/mol. The number of aryl methyl sites for hydroxylation is 4. The summed E-state index contributed by atoms with van der Waals surface area (Å²) in [6.45, 7) is 7.88. The van der Waals surface area contributed by atoms with E-state index in [4.69, 9.17) is 15.7 Å². The molecule has 5 aromatic rings. The van der Waals surface area contributed by atoms with Crippen LogP contribution in [-0.4, -0.2) is 23.0 Å². The molecule has 0 saturated heterocycles. The lowest BCUT2D eigenvalue weighted by atomic mass is 10.1. The molecular formula is C26H24N4O2S. The first kappa shape index (κ1) is 21.2. The van der Waals surface area contributed by atoms with Crippen molar-refractivity contribution in [1.29, 1.82) is 0 Å². The van der Waals surface area contributed by atoms with Crippen LogP contribution in [0, 0.1) is 27.7 Å². The van der Waals surface area contributed by atoms with E-state index in [2.05, 4.69) is 0 Å². The molecule has 6 nitrogen and oxygen atoms in total. The van der Waals surface area contributed by atoms with Gasteiger partial charge in [-0.1, -0.05) is 24.3 Å². The number of nitrogens with two attached hydrogens (primary N) is 1. The molecule has 2 N–H and O–H groups in total. The molecule has 2 aromatic heterocycles. The van der Waals surface area contributed by atoms with Crippen LogP contribution in [0.1, 0.15) is 22.3 Å². The van der Waals surface area contributed by atoms with Gasteiger partial charge >= 0.3 is 0 Å². The lowest BCUT2D eigenvalue weighted by Gasteiger charge is -2.11. The van der Waals surface area contributed by atoms with Crippen LogP contribution < -0.4 is 5.73 Å². The molecule has 3 aromatic carbocycles. The molecule has 0 saturated carbocycles. The van der Waals surface area contributed by atoms with Crippen molar-refractivity contribution in [3.8, 4) is 5.69 Å². The fraction of sp³-hybridized carbons (Fsp3) is 0.154. The third-order valence-electron chi connectivity index (χ3n) is 6.26. The Morgan fingerprint density at radius 1 is 0.758 bits per heavy atom. The van der Waals surface area contributed by atoms with Gasteiger partial charge in [-0.25, -0.2) is 18.4 Å². The van der Waals surface area contributed by atoms with Crippen molar-refractivity contribution < 1.29 is 8.42 Å². The summed E-state index contributed by atoms with van der Waals surface area (Å²) in [5, 5.41) is 0. The summed E-state index contributed by atoms with van der Waals surface area (Å²) in [4.78, 5) is 9.67. The number of nitrogen functional groups attached to an aromatic ring is 1. The second kappa shape index (κ2) is 7.42. The van der Waals surface area contributed by atoms with Gasteiger partial charge in [0.25, 0.3) is 0 Å². The average molecular weight is 457 g/mol. The number of hydrogen-bond donors (Lipinski definition) is 1. The number of fused-ring (bicyclic) bond motifs is 2. The van der Waals surface area contributed by atoms with Gasteiger partial charge in [0.2, 0.25) is 9.84 Å². The van der Waals surface area contributed by atoms with Gasteiger partial charge in [-0.05, 0) is 86.3 Å². The predicted octanol–water partition coefficient (Wildman–Crippen LogP) is 5.22. The lowest BCUT2D eigenvalue weighted by molar-refractivity contribution is 0.597. The average Bonchev–Trinajstić information content (AvgIpc) is 3.07. The molecule has 0 atom stereocenters. The maximum atomic E-state index is 13.9. The van der Waals surface area contributed by atoms with Gasteiger partial charge in [-0.15, -0.1) is 0 Å². The van der Waals surface area contributed by atoms with Gasteiger partial charge < -0.3 is 5.73 Å². The second-order valence-corrected chi connectivity index (χ2v) is 10.3. The van der Waals surface area contributed by atoms with E-state index in [0.717, 1.165) is 27.9 Å². The van der Waals surface area contributed by atoms with Crippen LogP contribution in [-0.2, 0) is 9.84 Å². The summed E-state index contributed by atoms with van der Waals surface area (Å²) in [6, 6.07) is 18.4. The SMILES string of the molecule is Cc1ccc(-n2c(N)c(S(=O)(=O)c3ccc(C)c(C)c3)c3nc4ccccc4nc32)cc1C. The van der Waals surface area contributed by atoms with Crippen molar-refractivity contribution in [2.45, 2.75) is 37.5 Å². The Morgan fingerprint density at radius 3 is 2.00 bits per heavy atom. The van der Waals surface area contributed by atoms with Crippen molar-refractivity contribution in [2.24, 2.45) is 0 Å². The fourth-order valence-corrected chi connectivity index (χ4v) is 5.60. The number of benzene rings is 3. The minimum absolute atomic E-state index is 0.0164. The first-order chi connectivity index (χ1) is 15.7. The van der Waals surface area contributed by atoms with Crippen LogP contribution in [0.25, 0.3) is 27.9 Å². The van der Waals surface area contributed by atoms with Crippen LogP contribution in [0.5, 0.6) is 0 Å². The summed E-state index contributed by atoms with van der Waals surface area (Å²) in [5.41, 5.74) is 13.4. The number of hydrogen-bond acceptors (Lipinski definition) is 5. The predicted molar refractivity (Wildman–Crippen MR) is 132 cm³/mol. The highest BCUT2D eigenvalue weighted by Crippen LogP contribution is 2.37. The van der Waals surface area contributed by atoms with Crippen molar-refractivity contribution in [3.05, 3.63) is 82.9 Å². The fourth-order valence-electron chi connectivity index (χ4n) is 4.03. The minimum Gasteiger partial charge on any atom is -0.384 e. The number of sulfone groups is 1. The Kier molecular flexibility index (Phi) is 4.76. The summed E-state index contributed by atoms with van der Waals surface area (Å²) in [5.74, 6) is 0.0989. The molecule has 0 spiro atoms. The van der Waals surface area contributed by atoms with E-state index in [1.807, 2.05) is 76.2 Å². The van der Waals surface area contributed by atoms with E-state index < -0.39 is 9.84 Å². The molecule has 0 radical (unpaired) electrons. The highest BCUT2D eigenvalue weighted by atomic mass is 32.2. The minimum atomic E-state index is -3.96. The zero-order chi connectivity index (χ0) is 23.5. The summed E-state index contributed by atoms with van der Waals surface area (Å²) >= 11 is 0. The standard InChI is InChI=1S/C26H24N4O2S/c1-15-9-11-19(13-17(15)3)30-25(27)24(33(31,32)20-12-10-16(2)18(4)14-20)23-26(30)29-22-8-6-5-7-21(22)28-23/h5-14H,27H2,1-4H3. The van der Waals surface area contributed by atoms with E-state index in [9.17, 15) is 8.42 Å². The Labute approximate surface area is 192 Å². The number of para-hydroxylation sites is 2. The maximum Gasteiger partial charge on any atom is 0.212 e. The van der Waals surface area contributed by atoms with Gasteiger partial charge in [0, 0.05) is 5.69 Å². The van der Waals surface area contributed by atoms with Crippen LogP contribution in [0.2, 0.25) is 0 Å². The molecule has 5 rings (SSSR count). The highest BCUT2D eigenvalue weighted by molar-refractivity contribution is 7.92. The molecule has 0 aliphatic heterocycles. The molecule has 166 valence electrons. The molecule has 0 aliphatic rings. The van der Waals surface area contributed by atoms with Crippen molar-refractivity contribution in [1.82, 2.24) is 14.5 Å². The van der Waals surface area contributed by atoms with Crippen molar-refractivity contribution >= 4 is 37.9 Å². The Hall–Kier alpha value is -3.71. The zero-order valence-electron chi connectivity index (χ0n) is 18.9. The molecule has 0 fully saturated rings. The topological polar surface area (TPSA) is 90.9 Å². The summed E-state index contributed by atoms with van der Waals surface area (Å²) in [6.07, 6.45) is 0. The van der Waals surface area contributed by atoms with Crippen LogP contribution in [0.15, 0.2) is 70.5 Å². The van der Waals surface area contributed by atoms with Gasteiger partial charge in [0.15, 0.2) is 5.65 Å². The first-order valence-corrected chi connectivity index (χ1v) is 12.1. The molecule has 33 heavy (non-hydrogen) atoms. The van der Waals surface area contributed by atoms with E-state index in [-0.39, 0.29) is 21.1 Å². The van der Waals surface area contributed by atoms with E-state index in [0.29, 0.717) is 16.7 Å². The van der Waals surface area contributed by atoms with Crippen molar-refractivity contribution in [2.75, 3.05) is 5.73 Å². The van der Waals surface area contributed by atoms with Crippen molar-refractivity contribution in [3.63, 3.8) is 0 Å². The Morgan fingerprint density at radius 2 is 1.36 bits per heavy atom. The zero-order valence-corrected chi connectivity index (χ0v) is 19.7. The Bertz CT molecular complexity index is 1680. The molecule has 7 heteroatoms. The second-order valence-electron chi connectivity index (χ2n) is 8.45.